The normalized spacial score (nSPS) is 10.6. The van der Waals surface area contributed by atoms with Crippen molar-refractivity contribution in [3.05, 3.63) is 94.4 Å². The minimum Gasteiger partial charge on any atom is -0.493 e. The second-order valence-corrected chi connectivity index (χ2v) is 8.10. The summed E-state index contributed by atoms with van der Waals surface area (Å²) in [5.41, 5.74) is 1.55. The van der Waals surface area contributed by atoms with Crippen molar-refractivity contribution in [2.45, 2.75) is 6.61 Å². The molecule has 10 heteroatoms. The van der Waals surface area contributed by atoms with E-state index in [0.29, 0.717) is 28.3 Å². The minimum atomic E-state index is -0.769. The Bertz CT molecular complexity index is 1460. The van der Waals surface area contributed by atoms with Crippen molar-refractivity contribution in [1.82, 2.24) is 9.78 Å². The first-order chi connectivity index (χ1) is 17.9. The molecule has 3 aromatic carbocycles. The van der Waals surface area contributed by atoms with Gasteiger partial charge in [-0.2, -0.15) is 5.10 Å². The first-order valence-electron chi connectivity index (χ1n) is 11.0. The van der Waals surface area contributed by atoms with Gasteiger partial charge in [-0.1, -0.05) is 35.9 Å². The van der Waals surface area contributed by atoms with Gasteiger partial charge in [0.1, 0.15) is 23.7 Å². The molecule has 0 saturated heterocycles. The van der Waals surface area contributed by atoms with E-state index >= 15 is 0 Å². The fourth-order valence-corrected chi connectivity index (χ4v) is 3.91. The maximum atomic E-state index is 13.4. The second kappa shape index (κ2) is 11.1. The Morgan fingerprint density at radius 3 is 2.30 bits per heavy atom. The summed E-state index contributed by atoms with van der Waals surface area (Å²) >= 11 is 6.13. The highest BCUT2D eigenvalue weighted by Gasteiger charge is 2.31. The second-order valence-electron chi connectivity index (χ2n) is 7.69. The van der Waals surface area contributed by atoms with E-state index < -0.39 is 17.8 Å². The number of hydrogen-bond donors (Lipinski definition) is 0. The van der Waals surface area contributed by atoms with Crippen LogP contribution >= 0.6 is 11.6 Å². The smallest absolute Gasteiger partial charge is 0.357 e. The number of aromatic nitrogens is 2. The monoisotopic (exact) mass is 524 g/mol. The summed E-state index contributed by atoms with van der Waals surface area (Å²) in [5.74, 6) is -1.28. The summed E-state index contributed by atoms with van der Waals surface area (Å²) in [5, 5.41) is 4.80. The van der Waals surface area contributed by atoms with Gasteiger partial charge in [0.15, 0.2) is 17.2 Å². The first kappa shape index (κ1) is 25.7. The number of hydrogen-bond acceptors (Lipinski definition) is 7. The summed E-state index contributed by atoms with van der Waals surface area (Å²) in [4.78, 5) is 25.7. The average molecular weight is 525 g/mol. The third-order valence-corrected chi connectivity index (χ3v) is 5.84. The Morgan fingerprint density at radius 1 is 0.919 bits per heavy atom. The summed E-state index contributed by atoms with van der Waals surface area (Å²) in [6.07, 6.45) is 0. The molecule has 4 aromatic rings. The third kappa shape index (κ3) is 5.26. The van der Waals surface area contributed by atoms with Crippen molar-refractivity contribution in [3.8, 4) is 28.4 Å². The van der Waals surface area contributed by atoms with E-state index in [2.05, 4.69) is 5.10 Å². The van der Waals surface area contributed by atoms with Gasteiger partial charge in [0, 0.05) is 11.1 Å². The number of nitrogens with zero attached hydrogens (tertiary/aromatic N) is 2. The van der Waals surface area contributed by atoms with Gasteiger partial charge in [-0.25, -0.2) is 18.7 Å². The Morgan fingerprint density at radius 2 is 1.65 bits per heavy atom. The van der Waals surface area contributed by atoms with Gasteiger partial charge >= 0.3 is 11.9 Å². The van der Waals surface area contributed by atoms with Crippen LogP contribution in [-0.2, 0) is 16.1 Å². The van der Waals surface area contributed by atoms with Crippen LogP contribution in [0.1, 0.15) is 26.4 Å². The maximum Gasteiger partial charge on any atom is 0.357 e. The number of rotatable bonds is 8. The van der Waals surface area contributed by atoms with Gasteiger partial charge in [0.2, 0.25) is 0 Å². The molecule has 0 fully saturated rings. The molecule has 8 nitrogen and oxygen atoms in total. The summed E-state index contributed by atoms with van der Waals surface area (Å²) < 4.78 is 36.0. The van der Waals surface area contributed by atoms with Crippen LogP contribution in [0.5, 0.6) is 11.5 Å². The van der Waals surface area contributed by atoms with Crippen molar-refractivity contribution < 1.29 is 32.9 Å². The lowest BCUT2D eigenvalue weighted by atomic mass is 10.0. The Hall–Kier alpha value is -4.37. The van der Waals surface area contributed by atoms with Crippen LogP contribution in [-0.4, -0.2) is 43.0 Å². The number of carbonyl (C=O) groups excluding carboxylic acids is 2. The topological polar surface area (TPSA) is 88.9 Å². The third-order valence-electron chi connectivity index (χ3n) is 5.49. The summed E-state index contributed by atoms with van der Waals surface area (Å²) in [7, 11) is 3.90. The summed E-state index contributed by atoms with van der Waals surface area (Å²) in [6, 6.07) is 17.7. The van der Waals surface area contributed by atoms with Gasteiger partial charge < -0.3 is 18.9 Å². The molecule has 0 radical (unpaired) electrons. The lowest BCUT2D eigenvalue weighted by Crippen LogP contribution is -2.15. The summed E-state index contributed by atoms with van der Waals surface area (Å²) in [6.45, 7) is 0.0225. The molecule has 0 aliphatic rings. The minimum absolute atomic E-state index is 0.0225. The van der Waals surface area contributed by atoms with E-state index in [0.717, 1.165) is 0 Å². The fourth-order valence-electron chi connectivity index (χ4n) is 3.69. The fraction of sp³-hybridized carbons (Fsp3) is 0.148. The van der Waals surface area contributed by atoms with Crippen LogP contribution in [0.4, 0.5) is 4.39 Å². The molecule has 190 valence electrons. The zero-order valence-corrected chi connectivity index (χ0v) is 20.9. The molecule has 0 aliphatic carbocycles. The van der Waals surface area contributed by atoms with E-state index in [4.69, 9.17) is 30.5 Å². The SMILES string of the molecule is COC(=O)c1c(-c2ccc(OC)c(OCc3ccc(F)cc3Cl)c2)nn(-c2ccccc2)c1C(=O)OC. The number of halogens is 2. The van der Waals surface area contributed by atoms with Crippen molar-refractivity contribution in [1.29, 1.82) is 0 Å². The van der Waals surface area contributed by atoms with E-state index in [1.807, 2.05) is 6.07 Å². The quantitative estimate of drug-likeness (QED) is 0.281. The van der Waals surface area contributed by atoms with Crippen LogP contribution < -0.4 is 9.47 Å². The van der Waals surface area contributed by atoms with Crippen LogP contribution in [0, 0.1) is 5.82 Å². The molecule has 1 aromatic heterocycles. The van der Waals surface area contributed by atoms with Gasteiger partial charge in [-0.15, -0.1) is 0 Å². The van der Waals surface area contributed by atoms with Crippen LogP contribution in [0.2, 0.25) is 5.02 Å². The van der Waals surface area contributed by atoms with Gasteiger partial charge in [0.05, 0.1) is 32.0 Å². The first-order valence-corrected chi connectivity index (χ1v) is 11.4. The number of para-hydroxylation sites is 1. The highest BCUT2D eigenvalue weighted by molar-refractivity contribution is 6.31. The molecule has 0 N–H and O–H groups in total. The molecule has 0 unspecified atom stereocenters. The van der Waals surface area contributed by atoms with Gasteiger partial charge in [-0.3, -0.25) is 0 Å². The molecule has 0 spiro atoms. The maximum absolute atomic E-state index is 13.4. The molecular weight excluding hydrogens is 503 g/mol. The van der Waals surface area contributed by atoms with Crippen molar-refractivity contribution in [2.75, 3.05) is 21.3 Å². The molecule has 0 aliphatic heterocycles. The molecule has 0 saturated carbocycles. The number of benzene rings is 3. The van der Waals surface area contributed by atoms with E-state index in [1.165, 1.54) is 44.2 Å². The molecule has 37 heavy (non-hydrogen) atoms. The number of esters is 2. The number of methoxy groups -OCH3 is 3. The predicted octanol–water partition coefficient (Wildman–Crippen LogP) is 5.49. The van der Waals surface area contributed by atoms with Crippen molar-refractivity contribution in [2.24, 2.45) is 0 Å². The number of carbonyl (C=O) groups is 2. The lowest BCUT2D eigenvalue weighted by Gasteiger charge is -2.13. The zero-order chi connectivity index (χ0) is 26.5. The van der Waals surface area contributed by atoms with E-state index in [9.17, 15) is 14.0 Å². The zero-order valence-electron chi connectivity index (χ0n) is 20.2. The average Bonchev–Trinajstić information content (AvgIpc) is 3.33. The molecule has 4 rings (SSSR count). The van der Waals surface area contributed by atoms with Crippen LogP contribution in [0.15, 0.2) is 66.7 Å². The highest BCUT2D eigenvalue weighted by Crippen LogP contribution is 2.36. The number of ether oxygens (including phenoxy) is 4. The molecule has 0 bridgehead atoms. The Labute approximate surface area is 217 Å². The Kier molecular flexibility index (Phi) is 7.74. The van der Waals surface area contributed by atoms with Crippen molar-refractivity contribution >= 4 is 23.5 Å². The van der Waals surface area contributed by atoms with E-state index in [1.54, 1.807) is 42.5 Å². The Balaban J connectivity index is 1.84. The molecule has 0 amide bonds. The van der Waals surface area contributed by atoms with Crippen LogP contribution in [0.3, 0.4) is 0 Å². The standard InChI is InChI=1S/C27H22ClFN2O6/c1-34-21-12-10-16(13-22(21)37-15-17-9-11-18(29)14-20(17)28)24-23(26(32)35-2)25(27(33)36-3)31(30-24)19-7-5-4-6-8-19/h4-14H,15H2,1-3H3. The molecular formula is C27H22ClFN2O6. The van der Waals surface area contributed by atoms with E-state index in [-0.39, 0.29) is 28.6 Å². The van der Waals surface area contributed by atoms with Crippen molar-refractivity contribution in [3.63, 3.8) is 0 Å². The van der Waals surface area contributed by atoms with Gasteiger partial charge in [0.25, 0.3) is 0 Å². The largest absolute Gasteiger partial charge is 0.493 e. The van der Waals surface area contributed by atoms with Crippen LogP contribution in [0.25, 0.3) is 16.9 Å². The molecule has 1 heterocycles. The highest BCUT2D eigenvalue weighted by atomic mass is 35.5. The lowest BCUT2D eigenvalue weighted by molar-refractivity contribution is 0.0549. The molecule has 0 atom stereocenters. The predicted molar refractivity (Wildman–Crippen MR) is 134 cm³/mol. The van der Waals surface area contributed by atoms with Gasteiger partial charge in [-0.05, 0) is 42.5 Å².